The number of benzene rings is 1. The number of likely N-dealkylation sites (tertiary alicyclic amines) is 1. The molecule has 13 heteroatoms. The van der Waals surface area contributed by atoms with Crippen LogP contribution in [0.25, 0.3) is 0 Å². The monoisotopic (exact) mass is 611 g/mol. The molecule has 1 N–H and O–H groups in total. The number of rotatable bonds is 12. The van der Waals surface area contributed by atoms with Crippen LogP contribution in [0.15, 0.2) is 23.6 Å². The van der Waals surface area contributed by atoms with E-state index in [4.69, 9.17) is 23.3 Å². The Hall–Kier alpha value is -2.66. The molecule has 0 saturated carbocycles. The molecule has 0 spiro atoms. The number of hydrogen-bond donors (Lipinski definition) is 1. The van der Waals surface area contributed by atoms with E-state index >= 15 is 0 Å². The third-order valence-electron chi connectivity index (χ3n) is 5.69. The van der Waals surface area contributed by atoms with Gasteiger partial charge in [-0.15, -0.1) is 11.3 Å². The highest BCUT2D eigenvalue weighted by Crippen LogP contribution is 2.51. The fraction of sp³-hybridized carbons (Fsp3) is 0.607. The maximum Gasteiger partial charge on any atom is 0.410 e. The van der Waals surface area contributed by atoms with Crippen molar-refractivity contribution in [3.05, 3.63) is 34.8 Å². The van der Waals surface area contributed by atoms with Gasteiger partial charge in [0, 0.05) is 42.9 Å². The van der Waals surface area contributed by atoms with Crippen LogP contribution < -0.4 is 14.8 Å². The maximum absolute atomic E-state index is 13.2. The average Bonchev–Trinajstić information content (AvgIpc) is 3.29. The zero-order valence-electron chi connectivity index (χ0n) is 24.9. The van der Waals surface area contributed by atoms with Gasteiger partial charge >= 0.3 is 13.7 Å². The van der Waals surface area contributed by atoms with Crippen LogP contribution in [0.1, 0.15) is 77.4 Å². The van der Waals surface area contributed by atoms with Crippen LogP contribution in [0.3, 0.4) is 0 Å². The Balaban J connectivity index is 1.68. The van der Waals surface area contributed by atoms with Crippen LogP contribution in [-0.2, 0) is 24.5 Å². The summed E-state index contributed by atoms with van der Waals surface area (Å²) >= 11 is 1.22. The first-order valence-corrected chi connectivity index (χ1v) is 16.5. The van der Waals surface area contributed by atoms with E-state index in [1.807, 2.05) is 34.6 Å². The van der Waals surface area contributed by atoms with Crippen molar-refractivity contribution in [1.29, 1.82) is 0 Å². The molecular weight excluding hydrogens is 569 g/mol. The van der Waals surface area contributed by atoms with Gasteiger partial charge in [-0.3, -0.25) is 14.7 Å². The average molecular weight is 612 g/mol. The lowest BCUT2D eigenvalue weighted by molar-refractivity contribution is 0.0126. The lowest BCUT2D eigenvalue weighted by atomic mass is 10.1. The molecule has 1 fully saturated rings. The Morgan fingerprint density at radius 2 is 1.73 bits per heavy atom. The van der Waals surface area contributed by atoms with E-state index in [1.54, 1.807) is 42.3 Å². The number of carbonyl (C=O) groups excluding carboxylic acids is 2. The van der Waals surface area contributed by atoms with E-state index in [0.717, 1.165) is 0 Å². The van der Waals surface area contributed by atoms with Gasteiger partial charge in [-0.05, 0) is 60.6 Å². The van der Waals surface area contributed by atoms with Gasteiger partial charge in [-0.25, -0.2) is 9.78 Å². The molecule has 0 unspecified atom stereocenters. The van der Waals surface area contributed by atoms with E-state index in [9.17, 15) is 14.2 Å². The number of carbonyl (C=O) groups is 2. The molecule has 41 heavy (non-hydrogen) atoms. The van der Waals surface area contributed by atoms with Crippen LogP contribution in [0.4, 0.5) is 9.93 Å². The van der Waals surface area contributed by atoms with Crippen molar-refractivity contribution in [2.24, 2.45) is 0 Å². The van der Waals surface area contributed by atoms with Crippen LogP contribution in [0.2, 0.25) is 0 Å². The summed E-state index contributed by atoms with van der Waals surface area (Å²) in [5.74, 6) is 0.615. The van der Waals surface area contributed by atoms with Gasteiger partial charge in [0.2, 0.25) is 0 Å². The Labute approximate surface area is 246 Å². The number of ether oxygens (including phenoxy) is 3. The fourth-order valence-corrected chi connectivity index (χ4v) is 6.54. The molecule has 0 radical (unpaired) electrons. The molecule has 1 aromatic carbocycles. The predicted molar refractivity (Wildman–Crippen MR) is 158 cm³/mol. The molecule has 2 amide bonds. The molecule has 1 aliphatic heterocycles. The second kappa shape index (κ2) is 14.5. The van der Waals surface area contributed by atoms with Crippen molar-refractivity contribution in [3.8, 4) is 11.5 Å². The number of nitrogens with one attached hydrogen (secondary N) is 1. The molecule has 2 heterocycles. The lowest BCUT2D eigenvalue weighted by Crippen LogP contribution is -2.44. The quantitative estimate of drug-likeness (QED) is 0.260. The molecule has 0 aliphatic carbocycles. The number of anilines is 1. The summed E-state index contributed by atoms with van der Waals surface area (Å²) in [7, 11) is -3.31. The molecule has 0 atom stereocenters. The molecule has 228 valence electrons. The third-order valence-corrected chi connectivity index (χ3v) is 8.51. The van der Waals surface area contributed by atoms with Gasteiger partial charge in [0.25, 0.3) is 5.91 Å². The topological polar surface area (TPSA) is 126 Å². The number of hydrogen-bond acceptors (Lipinski definition) is 10. The maximum atomic E-state index is 13.2. The highest BCUT2D eigenvalue weighted by atomic mass is 32.1. The van der Waals surface area contributed by atoms with Crippen LogP contribution in [0.5, 0.6) is 11.5 Å². The van der Waals surface area contributed by atoms with Crippen LogP contribution >= 0.6 is 18.9 Å². The number of nitrogens with zero attached hydrogens (tertiary/aromatic N) is 2. The van der Waals surface area contributed by atoms with Crippen LogP contribution in [-0.4, -0.2) is 66.0 Å². The van der Waals surface area contributed by atoms with E-state index in [2.05, 4.69) is 10.3 Å². The zero-order chi connectivity index (χ0) is 30.2. The van der Waals surface area contributed by atoms with Gasteiger partial charge in [0.1, 0.15) is 23.2 Å². The van der Waals surface area contributed by atoms with Crippen molar-refractivity contribution in [2.75, 3.05) is 31.6 Å². The normalized spacial score (nSPS) is 14.7. The molecule has 2 aromatic rings. The Morgan fingerprint density at radius 1 is 1.10 bits per heavy atom. The molecule has 0 bridgehead atoms. The summed E-state index contributed by atoms with van der Waals surface area (Å²) in [5.41, 5.74) is 0.303. The van der Waals surface area contributed by atoms with Gasteiger partial charge in [-0.1, -0.05) is 0 Å². The standard InChI is InChI=1S/C28H42N3O8PS/c1-8-35-40(34,36-9-2)17-21-18-41-26(29-21)30-25(32)20-14-23(37-19(3)4)16-24(15-20)38-22-10-12-31(13-11-22)27(33)39-28(5,6)7/h14-16,18-19,22H,8-13,17H2,1-7H3,(H,29,30,32). The summed E-state index contributed by atoms with van der Waals surface area (Å²) in [4.78, 5) is 31.7. The lowest BCUT2D eigenvalue weighted by Gasteiger charge is -2.33. The summed E-state index contributed by atoms with van der Waals surface area (Å²) in [5, 5.41) is 4.88. The van der Waals surface area contributed by atoms with Gasteiger partial charge in [-0.2, -0.15) is 0 Å². The first-order chi connectivity index (χ1) is 19.3. The minimum absolute atomic E-state index is 0.0174. The molecular formula is C28H42N3O8PS. The molecule has 1 aromatic heterocycles. The highest BCUT2D eigenvalue weighted by Gasteiger charge is 2.28. The summed E-state index contributed by atoms with van der Waals surface area (Å²) < 4.78 is 41.1. The minimum Gasteiger partial charge on any atom is -0.491 e. The van der Waals surface area contributed by atoms with Gasteiger partial charge in [0.05, 0.1) is 31.2 Å². The second-order valence-corrected chi connectivity index (χ2v) is 13.8. The summed E-state index contributed by atoms with van der Waals surface area (Å²) in [6, 6.07) is 5.08. The van der Waals surface area contributed by atoms with Crippen molar-refractivity contribution >= 4 is 36.1 Å². The van der Waals surface area contributed by atoms with Crippen molar-refractivity contribution in [1.82, 2.24) is 9.88 Å². The Morgan fingerprint density at radius 3 is 2.32 bits per heavy atom. The van der Waals surface area contributed by atoms with Gasteiger partial charge < -0.3 is 28.2 Å². The first kappa shape index (κ1) is 32.8. The predicted octanol–water partition coefficient (Wildman–Crippen LogP) is 6.73. The van der Waals surface area contributed by atoms with E-state index < -0.39 is 13.2 Å². The smallest absolute Gasteiger partial charge is 0.410 e. The van der Waals surface area contributed by atoms with Crippen LogP contribution in [0, 0.1) is 0 Å². The highest BCUT2D eigenvalue weighted by molar-refractivity contribution is 7.53. The van der Waals surface area contributed by atoms with Crippen molar-refractivity contribution in [2.45, 2.75) is 85.3 Å². The number of aromatic nitrogens is 1. The zero-order valence-corrected chi connectivity index (χ0v) is 26.6. The third kappa shape index (κ3) is 10.6. The fourth-order valence-electron chi connectivity index (χ4n) is 4.11. The largest absolute Gasteiger partial charge is 0.491 e. The minimum atomic E-state index is -3.31. The Bertz CT molecular complexity index is 1210. The van der Waals surface area contributed by atoms with E-state index in [-0.39, 0.29) is 43.6 Å². The number of amides is 2. The number of thiazole rings is 1. The summed E-state index contributed by atoms with van der Waals surface area (Å²) in [6.07, 6.45) is 0.712. The van der Waals surface area contributed by atoms with Crippen molar-refractivity contribution < 1.29 is 37.4 Å². The first-order valence-electron chi connectivity index (χ1n) is 13.9. The molecule has 1 saturated heterocycles. The second-order valence-electron chi connectivity index (χ2n) is 10.8. The molecule has 3 rings (SSSR count). The molecule has 1 aliphatic rings. The SMILES string of the molecule is CCOP(=O)(Cc1csc(NC(=O)c2cc(OC(C)C)cc(OC3CCN(C(=O)OC(C)(C)C)CC3)c2)n1)OCC. The van der Waals surface area contributed by atoms with Crippen molar-refractivity contribution in [3.63, 3.8) is 0 Å². The van der Waals surface area contributed by atoms with E-state index in [1.165, 1.54) is 11.3 Å². The van der Waals surface area contributed by atoms with E-state index in [0.29, 0.717) is 53.8 Å². The Kier molecular flexibility index (Phi) is 11.6. The molecule has 11 nitrogen and oxygen atoms in total. The number of piperidine rings is 1. The van der Waals surface area contributed by atoms with Gasteiger partial charge in [0.15, 0.2) is 5.13 Å². The summed E-state index contributed by atoms with van der Waals surface area (Å²) in [6.45, 7) is 14.4.